The monoisotopic (exact) mass is 212 g/mol. The molecular formula is C11H14F2N2. The first-order valence-electron chi connectivity index (χ1n) is 5.16. The van der Waals surface area contributed by atoms with Crippen molar-refractivity contribution >= 4 is 0 Å². The molecule has 2 heterocycles. The molecule has 1 fully saturated rings. The van der Waals surface area contributed by atoms with Gasteiger partial charge in [-0.1, -0.05) is 6.07 Å². The van der Waals surface area contributed by atoms with E-state index in [0.29, 0.717) is 19.5 Å². The second-order valence-corrected chi connectivity index (χ2v) is 3.94. The van der Waals surface area contributed by atoms with Crippen LogP contribution in [0.1, 0.15) is 12.1 Å². The highest BCUT2D eigenvalue weighted by atomic mass is 19.3. The lowest BCUT2D eigenvalue weighted by Gasteiger charge is -2.14. The minimum atomic E-state index is -2.18. The van der Waals surface area contributed by atoms with E-state index in [1.165, 1.54) is 0 Å². The molecule has 1 atom stereocenters. The summed E-state index contributed by atoms with van der Waals surface area (Å²) in [7, 11) is 0. The highest BCUT2D eigenvalue weighted by molar-refractivity contribution is 5.03. The summed E-state index contributed by atoms with van der Waals surface area (Å²) in [5.74, 6) is -0.450. The van der Waals surface area contributed by atoms with E-state index >= 15 is 0 Å². The standard InChI is InChI=1S/C11H14F2N2/c12-11(13)9-4-6-15(7-9)8-10-3-1-2-5-14-10/h1-3,5,9,11H,4,6-8H2. The number of aromatic nitrogens is 1. The Balaban J connectivity index is 1.88. The molecular weight excluding hydrogens is 198 g/mol. The Kier molecular flexibility index (Phi) is 3.26. The smallest absolute Gasteiger partial charge is 0.242 e. The molecule has 0 aromatic carbocycles. The quantitative estimate of drug-likeness (QED) is 0.763. The van der Waals surface area contributed by atoms with Crippen molar-refractivity contribution in [3.05, 3.63) is 30.1 Å². The summed E-state index contributed by atoms with van der Waals surface area (Å²) in [6, 6.07) is 5.70. The first-order chi connectivity index (χ1) is 7.25. The minimum absolute atomic E-state index is 0.450. The summed E-state index contributed by atoms with van der Waals surface area (Å²) in [6.45, 7) is 1.93. The molecule has 1 aromatic rings. The molecule has 0 amide bonds. The van der Waals surface area contributed by atoms with Gasteiger partial charge in [0.1, 0.15) is 0 Å². The Bertz CT molecular complexity index is 303. The molecule has 4 heteroatoms. The zero-order valence-electron chi connectivity index (χ0n) is 8.44. The number of alkyl halides is 2. The van der Waals surface area contributed by atoms with E-state index in [0.717, 1.165) is 12.2 Å². The van der Waals surface area contributed by atoms with Gasteiger partial charge in [-0.15, -0.1) is 0 Å². The van der Waals surface area contributed by atoms with Gasteiger partial charge in [-0.3, -0.25) is 9.88 Å². The van der Waals surface area contributed by atoms with Crippen molar-refractivity contribution in [1.29, 1.82) is 0 Å². The molecule has 1 aromatic heterocycles. The van der Waals surface area contributed by atoms with Crippen LogP contribution in [0, 0.1) is 5.92 Å². The van der Waals surface area contributed by atoms with Gasteiger partial charge in [0.05, 0.1) is 5.69 Å². The molecule has 0 spiro atoms. The molecule has 1 aliphatic rings. The minimum Gasteiger partial charge on any atom is -0.297 e. The van der Waals surface area contributed by atoms with Gasteiger partial charge in [-0.25, -0.2) is 8.78 Å². The average molecular weight is 212 g/mol. The molecule has 15 heavy (non-hydrogen) atoms. The van der Waals surface area contributed by atoms with E-state index in [1.54, 1.807) is 6.20 Å². The lowest BCUT2D eigenvalue weighted by molar-refractivity contribution is 0.0802. The van der Waals surface area contributed by atoms with Gasteiger partial charge in [0.2, 0.25) is 6.43 Å². The van der Waals surface area contributed by atoms with Crippen molar-refractivity contribution in [3.63, 3.8) is 0 Å². The Morgan fingerprint density at radius 3 is 2.93 bits per heavy atom. The van der Waals surface area contributed by atoms with E-state index in [4.69, 9.17) is 0 Å². The maximum atomic E-state index is 12.4. The predicted molar refractivity (Wildman–Crippen MR) is 53.6 cm³/mol. The molecule has 1 aliphatic heterocycles. The van der Waals surface area contributed by atoms with Crippen LogP contribution in [0.5, 0.6) is 0 Å². The predicted octanol–water partition coefficient (Wildman–Crippen LogP) is 2.17. The van der Waals surface area contributed by atoms with E-state index in [-0.39, 0.29) is 0 Å². The molecule has 0 bridgehead atoms. The fraction of sp³-hybridized carbons (Fsp3) is 0.545. The summed E-state index contributed by atoms with van der Waals surface area (Å²) in [5.41, 5.74) is 0.951. The Morgan fingerprint density at radius 2 is 2.33 bits per heavy atom. The lowest BCUT2D eigenvalue weighted by Crippen LogP contribution is -2.22. The summed E-state index contributed by atoms with van der Waals surface area (Å²) in [5, 5.41) is 0. The summed E-state index contributed by atoms with van der Waals surface area (Å²) >= 11 is 0. The second-order valence-electron chi connectivity index (χ2n) is 3.94. The highest BCUT2D eigenvalue weighted by Crippen LogP contribution is 2.23. The van der Waals surface area contributed by atoms with Crippen LogP contribution in [0.15, 0.2) is 24.4 Å². The van der Waals surface area contributed by atoms with Gasteiger partial charge in [0.15, 0.2) is 0 Å². The van der Waals surface area contributed by atoms with Crippen LogP contribution in [0.4, 0.5) is 8.78 Å². The number of pyridine rings is 1. The Labute approximate surface area is 87.9 Å². The van der Waals surface area contributed by atoms with Crippen LogP contribution in [0.25, 0.3) is 0 Å². The normalized spacial score (nSPS) is 22.5. The van der Waals surface area contributed by atoms with Crippen LogP contribution in [0.3, 0.4) is 0 Å². The van der Waals surface area contributed by atoms with Crippen LogP contribution < -0.4 is 0 Å². The van der Waals surface area contributed by atoms with Gasteiger partial charge < -0.3 is 0 Å². The van der Waals surface area contributed by atoms with E-state index in [2.05, 4.69) is 4.98 Å². The summed E-state index contributed by atoms with van der Waals surface area (Å²) < 4.78 is 24.8. The van der Waals surface area contributed by atoms with Crippen molar-refractivity contribution in [2.75, 3.05) is 13.1 Å². The Morgan fingerprint density at radius 1 is 1.47 bits per heavy atom. The van der Waals surface area contributed by atoms with Crippen molar-refractivity contribution in [2.24, 2.45) is 5.92 Å². The molecule has 0 saturated carbocycles. The lowest BCUT2D eigenvalue weighted by atomic mass is 10.1. The van der Waals surface area contributed by atoms with Gasteiger partial charge in [0, 0.05) is 25.2 Å². The van der Waals surface area contributed by atoms with Crippen LogP contribution in [-0.4, -0.2) is 29.4 Å². The fourth-order valence-corrected chi connectivity index (χ4v) is 1.93. The Hall–Kier alpha value is -1.03. The number of halogens is 2. The third kappa shape index (κ3) is 2.72. The average Bonchev–Trinajstić information content (AvgIpc) is 2.68. The number of hydrogen-bond acceptors (Lipinski definition) is 2. The third-order valence-corrected chi connectivity index (χ3v) is 2.78. The number of likely N-dealkylation sites (tertiary alicyclic amines) is 1. The first-order valence-corrected chi connectivity index (χ1v) is 5.16. The van der Waals surface area contributed by atoms with E-state index in [1.807, 2.05) is 23.1 Å². The van der Waals surface area contributed by atoms with Gasteiger partial charge in [-0.2, -0.15) is 0 Å². The van der Waals surface area contributed by atoms with Crippen molar-refractivity contribution < 1.29 is 8.78 Å². The molecule has 1 unspecified atom stereocenters. The summed E-state index contributed by atoms with van der Waals surface area (Å²) in [6.07, 6.45) is 0.152. The van der Waals surface area contributed by atoms with Crippen molar-refractivity contribution in [1.82, 2.24) is 9.88 Å². The maximum Gasteiger partial charge on any atom is 0.242 e. The molecule has 0 N–H and O–H groups in total. The van der Waals surface area contributed by atoms with Gasteiger partial charge in [-0.05, 0) is 25.1 Å². The molecule has 2 rings (SSSR count). The zero-order chi connectivity index (χ0) is 10.7. The number of nitrogens with zero attached hydrogens (tertiary/aromatic N) is 2. The number of rotatable bonds is 3. The van der Waals surface area contributed by atoms with Crippen molar-refractivity contribution in [2.45, 2.75) is 19.4 Å². The fourth-order valence-electron chi connectivity index (χ4n) is 1.93. The highest BCUT2D eigenvalue weighted by Gasteiger charge is 2.29. The largest absolute Gasteiger partial charge is 0.297 e. The van der Waals surface area contributed by atoms with E-state index < -0.39 is 12.3 Å². The molecule has 0 radical (unpaired) electrons. The molecule has 1 saturated heterocycles. The topological polar surface area (TPSA) is 16.1 Å². The van der Waals surface area contributed by atoms with Gasteiger partial charge >= 0.3 is 0 Å². The van der Waals surface area contributed by atoms with Crippen LogP contribution in [-0.2, 0) is 6.54 Å². The van der Waals surface area contributed by atoms with Crippen LogP contribution >= 0.6 is 0 Å². The van der Waals surface area contributed by atoms with Crippen LogP contribution in [0.2, 0.25) is 0 Å². The third-order valence-electron chi connectivity index (χ3n) is 2.78. The van der Waals surface area contributed by atoms with E-state index in [9.17, 15) is 8.78 Å². The SMILES string of the molecule is FC(F)C1CCN(Cc2ccccn2)C1. The zero-order valence-corrected chi connectivity index (χ0v) is 8.44. The van der Waals surface area contributed by atoms with Gasteiger partial charge in [0.25, 0.3) is 0 Å². The van der Waals surface area contributed by atoms with Crippen molar-refractivity contribution in [3.8, 4) is 0 Å². The maximum absolute atomic E-state index is 12.4. The molecule has 82 valence electrons. The summed E-state index contributed by atoms with van der Waals surface area (Å²) in [4.78, 5) is 6.22. The first kappa shape index (κ1) is 10.5. The molecule has 0 aliphatic carbocycles. The molecule has 2 nitrogen and oxygen atoms in total. The second kappa shape index (κ2) is 4.66. The number of hydrogen-bond donors (Lipinski definition) is 0.